The highest BCUT2D eigenvalue weighted by Crippen LogP contribution is 2.25. The van der Waals surface area contributed by atoms with Crippen LogP contribution < -0.4 is 10.7 Å². The summed E-state index contributed by atoms with van der Waals surface area (Å²) in [4.78, 5) is 11.8. The number of hydrogen-bond donors (Lipinski definition) is 1. The highest BCUT2D eigenvalue weighted by Gasteiger charge is 2.32. The van der Waals surface area contributed by atoms with E-state index in [9.17, 15) is 4.79 Å². The van der Waals surface area contributed by atoms with Gasteiger partial charge in [-0.25, -0.2) is 0 Å². The Morgan fingerprint density at radius 3 is 2.82 bits per heavy atom. The molecular formula is C13H19N3O. The van der Waals surface area contributed by atoms with Crippen molar-refractivity contribution in [3.05, 3.63) is 29.8 Å². The molecule has 1 aromatic carbocycles. The molecule has 4 heteroatoms. The first-order valence-electron chi connectivity index (χ1n) is 5.97. The van der Waals surface area contributed by atoms with Crippen LogP contribution in [0, 0.1) is 5.92 Å². The third-order valence-corrected chi connectivity index (χ3v) is 3.19. The summed E-state index contributed by atoms with van der Waals surface area (Å²) in [6.45, 7) is 3.36. The van der Waals surface area contributed by atoms with E-state index in [0.717, 1.165) is 18.7 Å². The summed E-state index contributed by atoms with van der Waals surface area (Å²) in [6.07, 6.45) is 0.870. The van der Waals surface area contributed by atoms with E-state index in [4.69, 9.17) is 5.73 Å². The van der Waals surface area contributed by atoms with E-state index in [0.29, 0.717) is 6.54 Å². The predicted molar refractivity (Wildman–Crippen MR) is 68.5 cm³/mol. The van der Waals surface area contributed by atoms with Gasteiger partial charge in [-0.05, 0) is 30.7 Å². The van der Waals surface area contributed by atoms with E-state index in [1.165, 1.54) is 5.56 Å². The Bertz CT molecular complexity index is 419. The van der Waals surface area contributed by atoms with Crippen LogP contribution in [-0.2, 0) is 11.2 Å². The molecule has 0 radical (unpaired) electrons. The summed E-state index contributed by atoms with van der Waals surface area (Å²) in [7, 11) is 1.82. The first-order chi connectivity index (χ1) is 8.13. The van der Waals surface area contributed by atoms with Gasteiger partial charge in [0, 0.05) is 7.05 Å². The van der Waals surface area contributed by atoms with Gasteiger partial charge in [-0.1, -0.05) is 19.1 Å². The molecule has 92 valence electrons. The van der Waals surface area contributed by atoms with E-state index in [2.05, 4.69) is 12.1 Å². The van der Waals surface area contributed by atoms with Crippen LogP contribution in [0.1, 0.15) is 12.5 Å². The van der Waals surface area contributed by atoms with Crippen molar-refractivity contribution in [2.24, 2.45) is 11.7 Å². The average Bonchev–Trinajstić information content (AvgIpc) is 2.58. The first-order valence-corrected chi connectivity index (χ1v) is 5.97. The third-order valence-electron chi connectivity index (χ3n) is 3.19. The van der Waals surface area contributed by atoms with Crippen molar-refractivity contribution >= 4 is 11.6 Å². The highest BCUT2D eigenvalue weighted by atomic mass is 16.2. The van der Waals surface area contributed by atoms with Crippen molar-refractivity contribution in [3.8, 4) is 0 Å². The Balaban J connectivity index is 2.22. The van der Waals surface area contributed by atoms with Gasteiger partial charge in [0.2, 0.25) is 5.91 Å². The van der Waals surface area contributed by atoms with Gasteiger partial charge < -0.3 is 5.73 Å². The molecule has 1 saturated heterocycles. The summed E-state index contributed by atoms with van der Waals surface area (Å²) < 4.78 is 0. The van der Waals surface area contributed by atoms with E-state index in [1.807, 2.05) is 31.1 Å². The average molecular weight is 233 g/mol. The number of hydrazine groups is 1. The molecular weight excluding hydrogens is 214 g/mol. The molecule has 1 fully saturated rings. The highest BCUT2D eigenvalue weighted by molar-refractivity contribution is 5.83. The lowest BCUT2D eigenvalue weighted by atomic mass is 10.1. The SMILES string of the molecule is CC1CN(c2cccc(CCN)c2)N(C)C1=O. The minimum absolute atomic E-state index is 0.0677. The molecule has 1 amide bonds. The van der Waals surface area contributed by atoms with Crippen molar-refractivity contribution in [1.29, 1.82) is 0 Å². The Morgan fingerprint density at radius 2 is 2.24 bits per heavy atom. The number of carbonyl (C=O) groups excluding carboxylic acids is 1. The van der Waals surface area contributed by atoms with Crippen molar-refractivity contribution in [3.63, 3.8) is 0 Å². The van der Waals surface area contributed by atoms with Gasteiger partial charge in [0.1, 0.15) is 0 Å². The summed E-state index contributed by atoms with van der Waals surface area (Å²) in [6, 6.07) is 8.22. The van der Waals surface area contributed by atoms with Gasteiger partial charge in [-0.3, -0.25) is 14.8 Å². The van der Waals surface area contributed by atoms with Crippen LogP contribution in [-0.4, -0.2) is 31.1 Å². The van der Waals surface area contributed by atoms with Crippen LogP contribution in [0.5, 0.6) is 0 Å². The minimum Gasteiger partial charge on any atom is -0.330 e. The first kappa shape index (κ1) is 11.9. The van der Waals surface area contributed by atoms with Crippen LogP contribution in [0.2, 0.25) is 0 Å². The molecule has 1 atom stereocenters. The van der Waals surface area contributed by atoms with E-state index in [-0.39, 0.29) is 11.8 Å². The normalized spacial score (nSPS) is 20.2. The molecule has 17 heavy (non-hydrogen) atoms. The van der Waals surface area contributed by atoms with Crippen LogP contribution in [0.15, 0.2) is 24.3 Å². The molecule has 1 aliphatic heterocycles. The van der Waals surface area contributed by atoms with E-state index in [1.54, 1.807) is 5.01 Å². The maximum Gasteiger partial charge on any atom is 0.245 e. The predicted octanol–water partition coefficient (Wildman–Crippen LogP) is 1.02. The Hall–Kier alpha value is -1.55. The van der Waals surface area contributed by atoms with Crippen molar-refractivity contribution in [2.75, 3.05) is 25.1 Å². The monoisotopic (exact) mass is 233 g/mol. The fraction of sp³-hybridized carbons (Fsp3) is 0.462. The number of rotatable bonds is 3. The second kappa shape index (κ2) is 4.75. The number of carbonyl (C=O) groups is 1. The zero-order chi connectivity index (χ0) is 12.4. The Labute approximate surface area is 102 Å². The fourth-order valence-electron chi connectivity index (χ4n) is 2.22. The molecule has 1 heterocycles. The summed E-state index contributed by atoms with van der Waals surface area (Å²) in [5, 5.41) is 3.72. The third kappa shape index (κ3) is 2.26. The lowest BCUT2D eigenvalue weighted by Gasteiger charge is -2.26. The van der Waals surface area contributed by atoms with Crippen LogP contribution in [0.3, 0.4) is 0 Å². The van der Waals surface area contributed by atoms with Crippen LogP contribution in [0.4, 0.5) is 5.69 Å². The van der Waals surface area contributed by atoms with Crippen LogP contribution in [0.25, 0.3) is 0 Å². The molecule has 2 rings (SSSR count). The van der Waals surface area contributed by atoms with E-state index < -0.39 is 0 Å². The lowest BCUT2D eigenvalue weighted by molar-refractivity contribution is -0.129. The van der Waals surface area contributed by atoms with Gasteiger partial charge in [-0.2, -0.15) is 0 Å². The number of nitrogens with zero attached hydrogens (tertiary/aromatic N) is 2. The zero-order valence-corrected chi connectivity index (χ0v) is 10.4. The molecule has 0 saturated carbocycles. The Kier molecular flexibility index (Phi) is 3.33. The summed E-state index contributed by atoms with van der Waals surface area (Å²) in [5.74, 6) is 0.243. The van der Waals surface area contributed by atoms with Gasteiger partial charge in [0.15, 0.2) is 0 Å². The lowest BCUT2D eigenvalue weighted by Crippen LogP contribution is -2.35. The second-order valence-corrected chi connectivity index (χ2v) is 4.55. The minimum atomic E-state index is 0.0677. The molecule has 0 spiro atoms. The zero-order valence-electron chi connectivity index (χ0n) is 10.4. The van der Waals surface area contributed by atoms with Gasteiger partial charge in [0.05, 0.1) is 18.2 Å². The largest absolute Gasteiger partial charge is 0.330 e. The fourth-order valence-corrected chi connectivity index (χ4v) is 2.22. The quantitative estimate of drug-likeness (QED) is 0.848. The molecule has 0 bridgehead atoms. The number of hydrogen-bond acceptors (Lipinski definition) is 3. The maximum absolute atomic E-state index is 11.8. The maximum atomic E-state index is 11.8. The van der Waals surface area contributed by atoms with Gasteiger partial charge in [0.25, 0.3) is 0 Å². The molecule has 0 aromatic heterocycles. The number of benzene rings is 1. The molecule has 1 unspecified atom stereocenters. The molecule has 2 N–H and O–H groups in total. The number of nitrogens with two attached hydrogens (primary N) is 1. The Morgan fingerprint density at radius 1 is 1.47 bits per heavy atom. The molecule has 1 aromatic rings. The van der Waals surface area contributed by atoms with Crippen molar-refractivity contribution in [2.45, 2.75) is 13.3 Å². The number of anilines is 1. The summed E-state index contributed by atoms with van der Waals surface area (Å²) >= 11 is 0. The molecule has 1 aliphatic rings. The molecule has 4 nitrogen and oxygen atoms in total. The molecule has 0 aliphatic carbocycles. The standard InChI is InChI=1S/C13H19N3O/c1-10-9-16(15(2)13(10)17)12-5-3-4-11(8-12)6-7-14/h3-5,8,10H,6-7,9,14H2,1-2H3. The van der Waals surface area contributed by atoms with E-state index >= 15 is 0 Å². The van der Waals surface area contributed by atoms with Crippen molar-refractivity contribution < 1.29 is 4.79 Å². The van der Waals surface area contributed by atoms with Gasteiger partial charge >= 0.3 is 0 Å². The van der Waals surface area contributed by atoms with Crippen molar-refractivity contribution in [1.82, 2.24) is 5.01 Å². The number of amides is 1. The van der Waals surface area contributed by atoms with Gasteiger partial charge in [-0.15, -0.1) is 0 Å². The smallest absolute Gasteiger partial charge is 0.245 e. The van der Waals surface area contributed by atoms with Crippen LogP contribution >= 0.6 is 0 Å². The topological polar surface area (TPSA) is 49.6 Å². The summed E-state index contributed by atoms with van der Waals surface area (Å²) in [5.41, 5.74) is 7.84. The second-order valence-electron chi connectivity index (χ2n) is 4.55.